The van der Waals surface area contributed by atoms with Gasteiger partial charge in [-0.1, -0.05) is 0 Å². The fourth-order valence-electron chi connectivity index (χ4n) is 0.547. The molecule has 1 aromatic rings. The lowest BCUT2D eigenvalue weighted by molar-refractivity contribution is -0.147. The van der Waals surface area contributed by atoms with Crippen LogP contribution in [0.15, 0.2) is 15.9 Å². The van der Waals surface area contributed by atoms with Gasteiger partial charge >= 0.3 is 11.9 Å². The van der Waals surface area contributed by atoms with Crippen molar-refractivity contribution in [2.24, 2.45) is 0 Å². The molecule has 4 nitrogen and oxygen atoms in total. The lowest BCUT2D eigenvalue weighted by Crippen LogP contribution is -2.21. The van der Waals surface area contributed by atoms with Gasteiger partial charge < -0.3 is 10.4 Å². The molecule has 0 spiro atoms. The van der Waals surface area contributed by atoms with Crippen molar-refractivity contribution in [3.8, 4) is 0 Å². The minimum Gasteiger partial charge on any atom is -0.474 e. The number of hydrogen-bond donors (Lipinski definition) is 2. The highest BCUT2D eigenvalue weighted by Gasteiger charge is 2.11. The van der Waals surface area contributed by atoms with Crippen LogP contribution in [-0.4, -0.2) is 17.0 Å². The lowest BCUT2D eigenvalue weighted by atomic mass is 10.5. The van der Waals surface area contributed by atoms with Crippen LogP contribution in [0.2, 0.25) is 0 Å². The molecular weight excluding hydrogens is 246 g/mol. The highest BCUT2D eigenvalue weighted by molar-refractivity contribution is 9.11. The molecule has 0 aliphatic heterocycles. The summed E-state index contributed by atoms with van der Waals surface area (Å²) in [5.41, 5.74) is 0. The van der Waals surface area contributed by atoms with Crippen LogP contribution in [0.5, 0.6) is 0 Å². The van der Waals surface area contributed by atoms with Crippen molar-refractivity contribution in [3.63, 3.8) is 0 Å². The Bertz CT molecular complexity index is 322. The Hall–Kier alpha value is -0.880. The molecule has 0 bridgehead atoms. The van der Waals surface area contributed by atoms with Crippen molar-refractivity contribution < 1.29 is 14.7 Å². The average Bonchev–Trinajstić information content (AvgIpc) is 2.35. The summed E-state index contributed by atoms with van der Waals surface area (Å²) >= 11 is 4.43. The number of rotatable bonds is 1. The first-order valence-electron chi connectivity index (χ1n) is 2.89. The zero-order valence-electron chi connectivity index (χ0n) is 5.70. The van der Waals surface area contributed by atoms with Gasteiger partial charge in [-0.2, -0.15) is 0 Å². The van der Waals surface area contributed by atoms with E-state index >= 15 is 0 Å². The van der Waals surface area contributed by atoms with Crippen molar-refractivity contribution in [1.82, 2.24) is 0 Å². The Morgan fingerprint density at radius 1 is 1.50 bits per heavy atom. The fourth-order valence-corrected chi connectivity index (χ4v) is 1.83. The summed E-state index contributed by atoms with van der Waals surface area (Å²) in [6.07, 6.45) is 0. The Morgan fingerprint density at radius 3 is 2.58 bits per heavy atom. The van der Waals surface area contributed by atoms with Gasteiger partial charge in [0.25, 0.3) is 0 Å². The van der Waals surface area contributed by atoms with Crippen LogP contribution in [0.3, 0.4) is 0 Å². The Labute approximate surface area is 80.3 Å². The number of carbonyl (C=O) groups is 2. The molecule has 0 saturated heterocycles. The number of halogens is 1. The third kappa shape index (κ3) is 2.31. The lowest BCUT2D eigenvalue weighted by Gasteiger charge is -1.94. The first kappa shape index (κ1) is 9.21. The van der Waals surface area contributed by atoms with E-state index in [1.807, 2.05) is 0 Å². The number of amides is 1. The Kier molecular flexibility index (Phi) is 2.83. The summed E-state index contributed by atoms with van der Waals surface area (Å²) in [5.74, 6) is -2.51. The second-order valence-electron chi connectivity index (χ2n) is 1.86. The van der Waals surface area contributed by atoms with Gasteiger partial charge in [-0.3, -0.25) is 4.79 Å². The molecule has 0 saturated carbocycles. The zero-order chi connectivity index (χ0) is 9.14. The summed E-state index contributed by atoms with van der Waals surface area (Å²) in [5, 5.41) is 11.0. The van der Waals surface area contributed by atoms with E-state index in [4.69, 9.17) is 5.11 Å². The number of carboxylic acids is 1. The third-order valence-corrected chi connectivity index (χ3v) is 2.54. The number of carboxylic acid groups (broad SMARTS) is 1. The molecule has 1 aromatic heterocycles. The number of nitrogens with one attached hydrogen (secondary N) is 1. The minimum absolute atomic E-state index is 0.509. The minimum atomic E-state index is -1.49. The third-order valence-electron chi connectivity index (χ3n) is 1.00. The normalized spacial score (nSPS) is 9.42. The van der Waals surface area contributed by atoms with Crippen molar-refractivity contribution in [3.05, 3.63) is 15.9 Å². The number of hydrogen-bond acceptors (Lipinski definition) is 3. The molecule has 0 unspecified atom stereocenters. The van der Waals surface area contributed by atoms with Gasteiger partial charge in [-0.15, -0.1) is 11.3 Å². The van der Waals surface area contributed by atoms with Crippen LogP contribution in [0, 0.1) is 0 Å². The summed E-state index contributed by atoms with van der Waals surface area (Å²) in [6.45, 7) is 0. The van der Waals surface area contributed by atoms with Crippen LogP contribution in [-0.2, 0) is 9.59 Å². The standard InChI is InChI=1S/C6H4BrNO3S/c7-3-1-2-4(12-3)8-5(9)6(10)11/h1-2H,(H,8,9)(H,10,11). The smallest absolute Gasteiger partial charge is 0.394 e. The Balaban J connectivity index is 2.64. The van der Waals surface area contributed by atoms with E-state index in [1.54, 1.807) is 12.1 Å². The molecule has 1 amide bonds. The van der Waals surface area contributed by atoms with E-state index in [0.717, 1.165) is 3.79 Å². The maximum Gasteiger partial charge on any atom is 0.394 e. The first-order valence-corrected chi connectivity index (χ1v) is 4.50. The molecule has 64 valence electrons. The summed E-state index contributed by atoms with van der Waals surface area (Å²) in [6, 6.07) is 3.34. The topological polar surface area (TPSA) is 66.4 Å². The molecule has 1 heterocycles. The molecule has 0 aromatic carbocycles. The van der Waals surface area contributed by atoms with Gasteiger partial charge in [-0.25, -0.2) is 4.79 Å². The van der Waals surface area contributed by atoms with E-state index in [0.29, 0.717) is 5.00 Å². The number of carbonyl (C=O) groups excluding carboxylic acids is 1. The van der Waals surface area contributed by atoms with Gasteiger partial charge in [0.1, 0.15) is 0 Å². The summed E-state index contributed by atoms with van der Waals surface area (Å²) < 4.78 is 0.836. The SMILES string of the molecule is O=C(O)C(=O)Nc1ccc(Br)s1. The largest absolute Gasteiger partial charge is 0.474 e. The molecule has 1 rings (SSSR count). The fraction of sp³-hybridized carbons (Fsp3) is 0. The molecule has 0 aliphatic rings. The summed E-state index contributed by atoms with van der Waals surface area (Å²) in [7, 11) is 0. The van der Waals surface area contributed by atoms with Crippen molar-refractivity contribution in [2.75, 3.05) is 5.32 Å². The number of thiophene rings is 1. The predicted molar refractivity (Wildman–Crippen MR) is 48.3 cm³/mol. The molecule has 12 heavy (non-hydrogen) atoms. The second-order valence-corrected chi connectivity index (χ2v) is 4.33. The van der Waals surface area contributed by atoms with Gasteiger partial charge in [0.05, 0.1) is 8.79 Å². The van der Waals surface area contributed by atoms with Crippen LogP contribution in [0.1, 0.15) is 0 Å². The van der Waals surface area contributed by atoms with Gasteiger partial charge in [0.15, 0.2) is 0 Å². The van der Waals surface area contributed by atoms with E-state index in [-0.39, 0.29) is 0 Å². The van der Waals surface area contributed by atoms with Gasteiger partial charge in [0.2, 0.25) is 0 Å². The molecule has 0 fully saturated rings. The van der Waals surface area contributed by atoms with Crippen LogP contribution in [0.4, 0.5) is 5.00 Å². The second kappa shape index (κ2) is 3.68. The first-order chi connectivity index (χ1) is 5.59. The van der Waals surface area contributed by atoms with Gasteiger partial charge in [0, 0.05) is 0 Å². The molecule has 0 atom stereocenters. The summed E-state index contributed by atoms with van der Waals surface area (Å²) in [4.78, 5) is 20.7. The molecule has 2 N–H and O–H groups in total. The average molecular weight is 250 g/mol. The van der Waals surface area contributed by atoms with E-state index < -0.39 is 11.9 Å². The predicted octanol–water partition coefficient (Wildman–Crippen LogP) is 1.53. The quantitative estimate of drug-likeness (QED) is 0.743. The zero-order valence-corrected chi connectivity index (χ0v) is 8.11. The van der Waals surface area contributed by atoms with E-state index in [2.05, 4.69) is 21.2 Å². The van der Waals surface area contributed by atoms with Crippen LogP contribution in [0.25, 0.3) is 0 Å². The Morgan fingerprint density at radius 2 is 2.17 bits per heavy atom. The molecule has 0 aliphatic carbocycles. The number of anilines is 1. The van der Waals surface area contributed by atoms with Crippen molar-refractivity contribution >= 4 is 44.1 Å². The highest BCUT2D eigenvalue weighted by atomic mass is 79.9. The monoisotopic (exact) mass is 249 g/mol. The maximum absolute atomic E-state index is 10.6. The van der Waals surface area contributed by atoms with Crippen molar-refractivity contribution in [2.45, 2.75) is 0 Å². The highest BCUT2D eigenvalue weighted by Crippen LogP contribution is 2.26. The molecule has 0 radical (unpaired) electrons. The van der Waals surface area contributed by atoms with Gasteiger partial charge in [-0.05, 0) is 28.1 Å². The molecular formula is C6H4BrNO3S. The number of aliphatic carboxylic acids is 1. The van der Waals surface area contributed by atoms with Crippen LogP contribution >= 0.6 is 27.3 Å². The molecule has 6 heteroatoms. The van der Waals surface area contributed by atoms with E-state index in [9.17, 15) is 9.59 Å². The van der Waals surface area contributed by atoms with E-state index in [1.165, 1.54) is 11.3 Å². The van der Waals surface area contributed by atoms with Crippen LogP contribution < -0.4 is 5.32 Å². The maximum atomic E-state index is 10.6. The van der Waals surface area contributed by atoms with Crippen molar-refractivity contribution in [1.29, 1.82) is 0 Å².